The highest BCUT2D eigenvalue weighted by Gasteiger charge is 2.23. The van der Waals surface area contributed by atoms with Crippen molar-refractivity contribution in [1.29, 1.82) is 0 Å². The number of aromatic nitrogens is 2. The second kappa shape index (κ2) is 7.10. The normalized spacial score (nSPS) is 18.1. The van der Waals surface area contributed by atoms with E-state index in [0.29, 0.717) is 6.04 Å². The van der Waals surface area contributed by atoms with Crippen LogP contribution in [0.2, 0.25) is 0 Å². The van der Waals surface area contributed by atoms with E-state index < -0.39 is 0 Å². The van der Waals surface area contributed by atoms with E-state index in [2.05, 4.69) is 70.3 Å². The first-order chi connectivity index (χ1) is 13.7. The number of hydrogen-bond donors (Lipinski definition) is 1. The first kappa shape index (κ1) is 17.5. The predicted molar refractivity (Wildman–Crippen MR) is 117 cm³/mol. The van der Waals surface area contributed by atoms with Gasteiger partial charge < -0.3 is 14.8 Å². The molecule has 1 saturated carbocycles. The van der Waals surface area contributed by atoms with Crippen molar-refractivity contribution in [2.45, 2.75) is 45.2 Å². The minimum atomic E-state index is 0.659. The fourth-order valence-corrected chi connectivity index (χ4v) is 4.44. The monoisotopic (exact) mass is 372 g/mol. The number of nitrogens with one attached hydrogen (secondary N) is 1. The number of likely N-dealkylation sites (N-methyl/N-ethyl adjacent to an activating group) is 1. The first-order valence-electron chi connectivity index (χ1n) is 10.4. The number of fused-ring (bicyclic) bond motifs is 3. The van der Waals surface area contributed by atoms with E-state index in [1.807, 2.05) is 12.4 Å². The number of rotatable bonds is 4. The second-order valence-corrected chi connectivity index (χ2v) is 8.34. The number of allylic oxidation sites excluding steroid dienone is 1. The van der Waals surface area contributed by atoms with E-state index in [4.69, 9.17) is 0 Å². The Hall–Kier alpha value is -2.59. The van der Waals surface area contributed by atoms with Gasteiger partial charge in [-0.05, 0) is 80.3 Å². The van der Waals surface area contributed by atoms with Gasteiger partial charge in [-0.25, -0.2) is 0 Å². The van der Waals surface area contributed by atoms with Gasteiger partial charge in [-0.15, -0.1) is 0 Å². The van der Waals surface area contributed by atoms with Gasteiger partial charge in [0.05, 0.1) is 5.52 Å². The molecule has 1 fully saturated rings. The fourth-order valence-electron chi connectivity index (χ4n) is 4.44. The van der Waals surface area contributed by atoms with Crippen LogP contribution in [0.5, 0.6) is 0 Å². The molecule has 1 aliphatic carbocycles. The molecule has 144 valence electrons. The van der Waals surface area contributed by atoms with E-state index in [1.54, 1.807) is 0 Å². The summed E-state index contributed by atoms with van der Waals surface area (Å²) in [6, 6.07) is 11.7. The van der Waals surface area contributed by atoms with Crippen LogP contribution in [0.25, 0.3) is 22.7 Å². The molecule has 4 heteroatoms. The minimum Gasteiger partial charge on any atom is -0.382 e. The lowest BCUT2D eigenvalue weighted by atomic mass is 9.93. The molecule has 0 unspecified atom stereocenters. The molecule has 0 saturated heterocycles. The summed E-state index contributed by atoms with van der Waals surface area (Å²) in [7, 11) is 2.22. The van der Waals surface area contributed by atoms with Gasteiger partial charge in [0, 0.05) is 60.9 Å². The second-order valence-electron chi connectivity index (χ2n) is 8.34. The Morgan fingerprint density at radius 1 is 1.18 bits per heavy atom. The highest BCUT2D eigenvalue weighted by Crippen LogP contribution is 2.34. The Kier molecular flexibility index (Phi) is 4.44. The topological polar surface area (TPSA) is 33.1 Å². The Morgan fingerprint density at radius 3 is 2.75 bits per heavy atom. The molecule has 1 aliphatic heterocycles. The Labute approximate surface area is 166 Å². The number of anilines is 1. The maximum absolute atomic E-state index is 4.15. The van der Waals surface area contributed by atoms with Crippen LogP contribution in [0.3, 0.4) is 0 Å². The molecule has 0 bridgehead atoms. The van der Waals surface area contributed by atoms with Gasteiger partial charge in [0.15, 0.2) is 0 Å². The van der Waals surface area contributed by atoms with Crippen LogP contribution in [0, 0.1) is 0 Å². The SMILES string of the molecule is C/C(=C\n1c2c(c3cc(NC4CCC4)ccc31)CN(C)CC2)c1ccncc1. The highest BCUT2D eigenvalue weighted by molar-refractivity contribution is 5.92. The summed E-state index contributed by atoms with van der Waals surface area (Å²) >= 11 is 0. The summed E-state index contributed by atoms with van der Waals surface area (Å²) in [6.07, 6.45) is 11.1. The summed E-state index contributed by atoms with van der Waals surface area (Å²) < 4.78 is 2.43. The van der Waals surface area contributed by atoms with Crippen LogP contribution >= 0.6 is 0 Å². The standard InChI is InChI=1S/C24H28N4/c1-17(18-8-11-25-12-9-18)15-28-23-7-6-20(26-19-4-3-5-19)14-21(23)22-16-27(2)13-10-24(22)28/h6-9,11-12,14-15,19,26H,3-5,10,13,16H2,1-2H3/b17-15+. The Bertz CT molecular complexity index is 1030. The molecule has 2 aromatic heterocycles. The summed E-state index contributed by atoms with van der Waals surface area (Å²) in [6.45, 7) is 4.32. The molecule has 28 heavy (non-hydrogen) atoms. The third-order valence-corrected chi connectivity index (χ3v) is 6.31. The molecule has 5 rings (SSSR count). The zero-order valence-corrected chi connectivity index (χ0v) is 16.8. The van der Waals surface area contributed by atoms with Crippen molar-refractivity contribution >= 4 is 28.4 Å². The number of benzene rings is 1. The van der Waals surface area contributed by atoms with Crippen LogP contribution in [0.15, 0.2) is 42.7 Å². The molecular weight excluding hydrogens is 344 g/mol. The van der Waals surface area contributed by atoms with E-state index in [1.165, 1.54) is 58.2 Å². The average molecular weight is 373 g/mol. The fraction of sp³-hybridized carbons (Fsp3) is 0.375. The van der Waals surface area contributed by atoms with Gasteiger partial charge >= 0.3 is 0 Å². The maximum Gasteiger partial charge on any atom is 0.0530 e. The molecule has 0 atom stereocenters. The smallest absolute Gasteiger partial charge is 0.0530 e. The predicted octanol–water partition coefficient (Wildman–Crippen LogP) is 5.01. The van der Waals surface area contributed by atoms with Crippen molar-refractivity contribution in [2.75, 3.05) is 18.9 Å². The quantitative estimate of drug-likeness (QED) is 0.699. The number of nitrogens with zero attached hydrogens (tertiary/aromatic N) is 3. The van der Waals surface area contributed by atoms with Crippen molar-refractivity contribution in [3.63, 3.8) is 0 Å². The van der Waals surface area contributed by atoms with E-state index in [0.717, 1.165) is 19.5 Å². The zero-order valence-electron chi connectivity index (χ0n) is 16.8. The van der Waals surface area contributed by atoms with Gasteiger partial charge in [0.1, 0.15) is 0 Å². The summed E-state index contributed by atoms with van der Waals surface area (Å²) in [5.41, 5.74) is 8.01. The zero-order chi connectivity index (χ0) is 19.1. The van der Waals surface area contributed by atoms with Crippen molar-refractivity contribution in [2.24, 2.45) is 0 Å². The van der Waals surface area contributed by atoms with Crippen molar-refractivity contribution in [3.05, 3.63) is 59.5 Å². The van der Waals surface area contributed by atoms with Gasteiger partial charge in [0.25, 0.3) is 0 Å². The van der Waals surface area contributed by atoms with Gasteiger partial charge in [-0.3, -0.25) is 4.98 Å². The largest absolute Gasteiger partial charge is 0.382 e. The molecule has 1 N–H and O–H groups in total. The third-order valence-electron chi connectivity index (χ3n) is 6.31. The van der Waals surface area contributed by atoms with E-state index in [-0.39, 0.29) is 0 Å². The van der Waals surface area contributed by atoms with Crippen molar-refractivity contribution in [1.82, 2.24) is 14.5 Å². The van der Waals surface area contributed by atoms with Crippen LogP contribution in [0.1, 0.15) is 43.0 Å². The van der Waals surface area contributed by atoms with Crippen molar-refractivity contribution < 1.29 is 0 Å². The lowest BCUT2D eigenvalue weighted by Crippen LogP contribution is -2.27. The van der Waals surface area contributed by atoms with Gasteiger partial charge in [-0.2, -0.15) is 0 Å². The Morgan fingerprint density at radius 2 is 2.00 bits per heavy atom. The third kappa shape index (κ3) is 3.12. The molecule has 2 aliphatic rings. The molecular formula is C24H28N4. The van der Waals surface area contributed by atoms with Gasteiger partial charge in [-0.1, -0.05) is 0 Å². The summed E-state index contributed by atoms with van der Waals surface area (Å²) in [5, 5.41) is 5.11. The minimum absolute atomic E-state index is 0.659. The Balaban J connectivity index is 1.62. The average Bonchev–Trinajstić information content (AvgIpc) is 2.98. The lowest BCUT2D eigenvalue weighted by Gasteiger charge is -2.27. The van der Waals surface area contributed by atoms with Crippen LogP contribution < -0.4 is 5.32 Å². The van der Waals surface area contributed by atoms with E-state index >= 15 is 0 Å². The molecule has 3 heterocycles. The summed E-state index contributed by atoms with van der Waals surface area (Å²) in [5.74, 6) is 0. The molecule has 3 aromatic rings. The van der Waals surface area contributed by atoms with Crippen LogP contribution in [0.4, 0.5) is 5.69 Å². The van der Waals surface area contributed by atoms with E-state index in [9.17, 15) is 0 Å². The molecule has 0 amide bonds. The molecule has 0 radical (unpaired) electrons. The first-order valence-corrected chi connectivity index (χ1v) is 10.4. The van der Waals surface area contributed by atoms with Crippen LogP contribution in [-0.2, 0) is 13.0 Å². The lowest BCUT2D eigenvalue weighted by molar-refractivity contribution is 0.312. The molecule has 0 spiro atoms. The van der Waals surface area contributed by atoms with Crippen molar-refractivity contribution in [3.8, 4) is 0 Å². The molecule has 1 aromatic carbocycles. The van der Waals surface area contributed by atoms with Crippen LogP contribution in [-0.4, -0.2) is 34.1 Å². The highest BCUT2D eigenvalue weighted by atomic mass is 15.1. The number of pyridine rings is 1. The maximum atomic E-state index is 4.15. The molecule has 4 nitrogen and oxygen atoms in total. The summed E-state index contributed by atoms with van der Waals surface area (Å²) in [4.78, 5) is 6.58. The van der Waals surface area contributed by atoms with Gasteiger partial charge in [0.2, 0.25) is 0 Å². The number of hydrogen-bond acceptors (Lipinski definition) is 3.